The first-order valence-electron chi connectivity index (χ1n) is 3.41. The highest BCUT2D eigenvalue weighted by atomic mass is 19.4. The topological polar surface area (TPSA) is 52.9 Å². The van der Waals surface area contributed by atoms with Crippen molar-refractivity contribution in [2.45, 2.75) is 6.18 Å². The summed E-state index contributed by atoms with van der Waals surface area (Å²) in [6.45, 7) is 0. The maximum absolute atomic E-state index is 12.1. The Labute approximate surface area is 76.8 Å². The van der Waals surface area contributed by atoms with E-state index in [-0.39, 0.29) is 5.57 Å². The van der Waals surface area contributed by atoms with Crippen LogP contribution in [0.25, 0.3) is 0 Å². The predicted octanol–water partition coefficient (Wildman–Crippen LogP) is 1.20. The standard InChI is InChI=1S/C8H3F3N2O/c9-8(10,11)7-2-1-5(3-12)6(4-14)13-7/h1-2,13H. The van der Waals surface area contributed by atoms with Crippen molar-refractivity contribution in [2.75, 3.05) is 0 Å². The Morgan fingerprint density at radius 3 is 2.43 bits per heavy atom. The largest absolute Gasteiger partial charge is 0.431 e. The number of rotatable bonds is 0. The first kappa shape index (κ1) is 10.1. The molecule has 14 heavy (non-hydrogen) atoms. The van der Waals surface area contributed by atoms with E-state index < -0.39 is 17.6 Å². The van der Waals surface area contributed by atoms with E-state index in [4.69, 9.17) is 5.26 Å². The van der Waals surface area contributed by atoms with Crippen LogP contribution in [0.1, 0.15) is 0 Å². The molecule has 0 bridgehead atoms. The minimum atomic E-state index is -4.57. The van der Waals surface area contributed by atoms with Crippen molar-refractivity contribution < 1.29 is 18.0 Å². The molecule has 1 N–H and O–H groups in total. The van der Waals surface area contributed by atoms with Gasteiger partial charge in [-0.2, -0.15) is 18.4 Å². The minimum Gasteiger partial charge on any atom is -0.341 e. The van der Waals surface area contributed by atoms with Gasteiger partial charge in [0.05, 0.1) is 5.57 Å². The molecule has 3 nitrogen and oxygen atoms in total. The molecule has 0 atom stereocenters. The van der Waals surface area contributed by atoms with E-state index in [2.05, 4.69) is 0 Å². The third kappa shape index (κ3) is 1.84. The van der Waals surface area contributed by atoms with Crippen LogP contribution < -0.4 is 5.32 Å². The number of dihydropyridines is 1. The molecule has 0 radical (unpaired) electrons. The summed E-state index contributed by atoms with van der Waals surface area (Å²) in [5, 5.41) is 10.2. The Bertz CT molecular complexity index is 405. The maximum atomic E-state index is 12.1. The van der Waals surface area contributed by atoms with E-state index in [1.165, 1.54) is 5.94 Å². The van der Waals surface area contributed by atoms with Crippen molar-refractivity contribution in [1.29, 1.82) is 5.26 Å². The fourth-order valence-electron chi connectivity index (χ4n) is 0.833. The van der Waals surface area contributed by atoms with Crippen molar-refractivity contribution >= 4 is 5.94 Å². The average molecular weight is 200 g/mol. The fourth-order valence-corrected chi connectivity index (χ4v) is 0.833. The minimum absolute atomic E-state index is 0.173. The van der Waals surface area contributed by atoms with Gasteiger partial charge in [-0.15, -0.1) is 0 Å². The molecule has 0 aromatic rings. The van der Waals surface area contributed by atoms with Crippen LogP contribution in [-0.4, -0.2) is 12.1 Å². The Morgan fingerprint density at radius 1 is 1.36 bits per heavy atom. The summed E-state index contributed by atoms with van der Waals surface area (Å²) < 4.78 is 36.3. The van der Waals surface area contributed by atoms with Gasteiger partial charge in [-0.25, -0.2) is 4.79 Å². The van der Waals surface area contributed by atoms with E-state index >= 15 is 0 Å². The Hall–Kier alpha value is -1.99. The molecule has 0 aliphatic carbocycles. The van der Waals surface area contributed by atoms with Crippen molar-refractivity contribution in [1.82, 2.24) is 5.32 Å². The fraction of sp³-hybridized carbons (Fsp3) is 0.125. The van der Waals surface area contributed by atoms with Gasteiger partial charge in [-0.05, 0) is 12.2 Å². The van der Waals surface area contributed by atoms with Crippen molar-refractivity contribution in [3.8, 4) is 6.07 Å². The Morgan fingerprint density at radius 2 is 2.00 bits per heavy atom. The summed E-state index contributed by atoms with van der Waals surface area (Å²) in [7, 11) is 0. The van der Waals surface area contributed by atoms with E-state index in [1.54, 1.807) is 11.4 Å². The van der Waals surface area contributed by atoms with Crippen LogP contribution in [-0.2, 0) is 4.79 Å². The number of halogens is 3. The molecule has 0 spiro atoms. The molecular formula is C8H3F3N2O. The first-order valence-corrected chi connectivity index (χ1v) is 3.41. The summed E-state index contributed by atoms with van der Waals surface area (Å²) >= 11 is 0. The maximum Gasteiger partial charge on any atom is 0.431 e. The average Bonchev–Trinajstić information content (AvgIpc) is 2.15. The van der Waals surface area contributed by atoms with E-state index in [9.17, 15) is 18.0 Å². The van der Waals surface area contributed by atoms with Gasteiger partial charge in [0, 0.05) is 0 Å². The molecule has 1 aliphatic rings. The van der Waals surface area contributed by atoms with Crippen molar-refractivity contribution in [3.63, 3.8) is 0 Å². The lowest BCUT2D eigenvalue weighted by molar-refractivity contribution is -0.0958. The molecule has 72 valence electrons. The zero-order valence-electron chi connectivity index (χ0n) is 6.64. The van der Waals surface area contributed by atoms with Crippen LogP contribution in [0.15, 0.2) is 29.1 Å². The number of nitrogens with zero attached hydrogens (tertiary/aromatic N) is 1. The van der Waals surface area contributed by atoms with Gasteiger partial charge in [0.15, 0.2) is 5.94 Å². The highest BCUT2D eigenvalue weighted by Crippen LogP contribution is 2.27. The molecule has 0 unspecified atom stereocenters. The van der Waals surface area contributed by atoms with Gasteiger partial charge >= 0.3 is 6.18 Å². The summed E-state index contributed by atoms with van der Waals surface area (Å²) in [6, 6.07) is 1.56. The summed E-state index contributed by atoms with van der Waals surface area (Å²) in [5.74, 6) is 1.23. The Kier molecular flexibility index (Phi) is 2.45. The van der Waals surface area contributed by atoms with E-state index in [1.807, 2.05) is 0 Å². The number of nitrogens with one attached hydrogen (secondary N) is 1. The lowest BCUT2D eigenvalue weighted by Gasteiger charge is -2.16. The Balaban J connectivity index is 3.12. The van der Waals surface area contributed by atoms with Crippen LogP contribution in [0.5, 0.6) is 0 Å². The first-order chi connectivity index (χ1) is 6.49. The third-order valence-electron chi connectivity index (χ3n) is 1.47. The van der Waals surface area contributed by atoms with Crippen LogP contribution in [0.2, 0.25) is 0 Å². The highest BCUT2D eigenvalue weighted by molar-refractivity contribution is 5.66. The molecule has 0 aromatic carbocycles. The molecule has 0 saturated carbocycles. The zero-order valence-corrected chi connectivity index (χ0v) is 6.64. The molecule has 0 amide bonds. The number of alkyl halides is 3. The third-order valence-corrected chi connectivity index (χ3v) is 1.47. The molecular weight excluding hydrogens is 197 g/mol. The second-order valence-corrected chi connectivity index (χ2v) is 2.37. The normalized spacial score (nSPS) is 16.0. The monoisotopic (exact) mass is 200 g/mol. The van der Waals surface area contributed by atoms with Crippen LogP contribution in [0, 0.1) is 11.3 Å². The number of carbonyl (C=O) groups excluding carboxylic acids is 1. The molecule has 6 heteroatoms. The zero-order chi connectivity index (χ0) is 10.8. The molecule has 0 saturated heterocycles. The van der Waals surface area contributed by atoms with Crippen molar-refractivity contribution in [2.24, 2.45) is 0 Å². The van der Waals surface area contributed by atoms with E-state index in [0.29, 0.717) is 6.08 Å². The number of nitriles is 1. The molecule has 1 heterocycles. The second-order valence-electron chi connectivity index (χ2n) is 2.37. The molecule has 1 rings (SSSR count). The van der Waals surface area contributed by atoms with E-state index in [0.717, 1.165) is 6.08 Å². The van der Waals surface area contributed by atoms with Gasteiger partial charge in [0.25, 0.3) is 0 Å². The van der Waals surface area contributed by atoms with Crippen LogP contribution in [0.4, 0.5) is 13.2 Å². The van der Waals surface area contributed by atoms with Gasteiger partial charge in [0.1, 0.15) is 17.5 Å². The van der Waals surface area contributed by atoms with Crippen molar-refractivity contribution in [3.05, 3.63) is 29.1 Å². The number of hydrogen-bond acceptors (Lipinski definition) is 3. The van der Waals surface area contributed by atoms with Gasteiger partial charge in [-0.3, -0.25) is 0 Å². The summed E-state index contributed by atoms with van der Waals surface area (Å²) in [4.78, 5) is 10.2. The number of hydrogen-bond donors (Lipinski definition) is 1. The van der Waals surface area contributed by atoms with Gasteiger partial charge in [-0.1, -0.05) is 0 Å². The summed E-state index contributed by atoms with van der Waals surface area (Å²) in [5.41, 5.74) is -1.76. The predicted molar refractivity (Wildman–Crippen MR) is 40.2 cm³/mol. The van der Waals surface area contributed by atoms with Crippen LogP contribution >= 0.6 is 0 Å². The lowest BCUT2D eigenvalue weighted by atomic mass is 10.1. The van der Waals surface area contributed by atoms with Crippen LogP contribution in [0.3, 0.4) is 0 Å². The quantitative estimate of drug-likeness (QED) is 0.598. The summed E-state index contributed by atoms with van der Waals surface area (Å²) in [6.07, 6.45) is -2.96. The van der Waals surface area contributed by atoms with Gasteiger partial charge in [0.2, 0.25) is 0 Å². The molecule has 0 aromatic heterocycles. The SMILES string of the molecule is N#CC1=CC=C(C(F)(F)F)NC1=C=O. The van der Waals surface area contributed by atoms with Gasteiger partial charge < -0.3 is 5.32 Å². The second kappa shape index (κ2) is 3.40. The highest BCUT2D eigenvalue weighted by Gasteiger charge is 2.35. The molecule has 0 fully saturated rings. The lowest BCUT2D eigenvalue weighted by Crippen LogP contribution is -2.28. The smallest absolute Gasteiger partial charge is 0.341 e. The molecule has 1 aliphatic heterocycles. The number of allylic oxidation sites excluding steroid dienone is 4.